The molecular formula is C21H14N4S. The van der Waals surface area contributed by atoms with E-state index in [2.05, 4.69) is 16.0 Å². The van der Waals surface area contributed by atoms with Crippen molar-refractivity contribution >= 4 is 23.0 Å². The van der Waals surface area contributed by atoms with Crippen molar-refractivity contribution in [2.24, 2.45) is 0 Å². The third-order valence-electron chi connectivity index (χ3n) is 3.93. The molecule has 0 bridgehead atoms. The average Bonchev–Trinajstić information content (AvgIpc) is 3.39. The van der Waals surface area contributed by atoms with Gasteiger partial charge in [-0.1, -0.05) is 42.5 Å². The second-order valence-corrected chi connectivity index (χ2v) is 6.49. The van der Waals surface area contributed by atoms with E-state index in [-0.39, 0.29) is 0 Å². The summed E-state index contributed by atoms with van der Waals surface area (Å²) in [5, 5.41) is 12.3. The average molecular weight is 354 g/mol. The molecule has 4 aromatic rings. The van der Waals surface area contributed by atoms with Crippen molar-refractivity contribution in [3.63, 3.8) is 0 Å². The van der Waals surface area contributed by atoms with E-state index in [4.69, 9.17) is 0 Å². The van der Waals surface area contributed by atoms with Crippen molar-refractivity contribution in [1.29, 1.82) is 5.26 Å². The molecule has 0 spiro atoms. The highest BCUT2D eigenvalue weighted by atomic mass is 32.1. The second-order valence-electron chi connectivity index (χ2n) is 5.64. The minimum absolute atomic E-state index is 0.563. The number of nitrogens with zero attached hydrogens (tertiary/aromatic N) is 4. The molecule has 0 saturated heterocycles. The lowest BCUT2D eigenvalue weighted by Crippen LogP contribution is -1.89. The summed E-state index contributed by atoms with van der Waals surface area (Å²) >= 11 is 1.48. The molecule has 0 aliphatic rings. The molecule has 0 radical (unpaired) electrons. The summed E-state index contributed by atoms with van der Waals surface area (Å²) < 4.78 is 1.94. The number of allylic oxidation sites excluding steroid dienone is 1. The van der Waals surface area contributed by atoms with Gasteiger partial charge >= 0.3 is 0 Å². The fourth-order valence-corrected chi connectivity index (χ4v) is 3.40. The van der Waals surface area contributed by atoms with Gasteiger partial charge in [0.25, 0.3) is 0 Å². The smallest absolute Gasteiger partial charge is 0.134 e. The largest absolute Gasteiger partial charge is 0.306 e. The Kier molecular flexibility index (Phi) is 4.42. The standard InChI is InChI=1S/C21H14N4S/c22-13-18(21-24-20(14-26-21)17-4-2-1-3-5-17)12-16-6-8-19(9-7-16)25-11-10-23-15-25/h1-12,14-15H. The fourth-order valence-electron chi connectivity index (χ4n) is 2.60. The van der Waals surface area contributed by atoms with Gasteiger partial charge in [0.1, 0.15) is 11.1 Å². The number of benzene rings is 2. The van der Waals surface area contributed by atoms with E-state index in [0.717, 1.165) is 27.5 Å². The molecule has 2 aromatic heterocycles. The van der Waals surface area contributed by atoms with Crippen LogP contribution < -0.4 is 0 Å². The van der Waals surface area contributed by atoms with Crippen molar-refractivity contribution in [2.75, 3.05) is 0 Å². The second kappa shape index (κ2) is 7.18. The molecule has 0 amide bonds. The van der Waals surface area contributed by atoms with Gasteiger partial charge in [0.2, 0.25) is 0 Å². The van der Waals surface area contributed by atoms with Crippen LogP contribution in [0.3, 0.4) is 0 Å². The van der Waals surface area contributed by atoms with Crippen LogP contribution in [-0.2, 0) is 0 Å². The number of hydrogen-bond donors (Lipinski definition) is 0. The van der Waals surface area contributed by atoms with Crippen molar-refractivity contribution in [2.45, 2.75) is 0 Å². The number of nitriles is 1. The van der Waals surface area contributed by atoms with Crippen LogP contribution in [0.25, 0.3) is 28.6 Å². The molecule has 124 valence electrons. The lowest BCUT2D eigenvalue weighted by Gasteiger charge is -2.02. The molecule has 0 saturated carbocycles. The zero-order valence-corrected chi connectivity index (χ0v) is 14.6. The molecule has 2 aromatic carbocycles. The van der Waals surface area contributed by atoms with E-state index in [0.29, 0.717) is 5.57 Å². The summed E-state index contributed by atoms with van der Waals surface area (Å²) in [4.78, 5) is 8.67. The zero-order valence-electron chi connectivity index (χ0n) is 13.8. The Hall–Kier alpha value is -3.49. The van der Waals surface area contributed by atoms with Crippen molar-refractivity contribution in [3.8, 4) is 23.0 Å². The molecule has 0 aliphatic heterocycles. The predicted molar refractivity (Wildman–Crippen MR) is 105 cm³/mol. The van der Waals surface area contributed by atoms with Gasteiger partial charge in [-0.15, -0.1) is 11.3 Å². The van der Waals surface area contributed by atoms with Gasteiger partial charge in [0, 0.05) is 29.0 Å². The summed E-state index contributed by atoms with van der Waals surface area (Å²) in [6.07, 6.45) is 7.26. The molecule has 4 nitrogen and oxygen atoms in total. The minimum atomic E-state index is 0.563. The Morgan fingerprint density at radius 3 is 2.58 bits per heavy atom. The van der Waals surface area contributed by atoms with Crippen LogP contribution in [0.5, 0.6) is 0 Å². The highest BCUT2D eigenvalue weighted by molar-refractivity contribution is 7.11. The molecule has 2 heterocycles. The summed E-state index contributed by atoms with van der Waals surface area (Å²) in [5.74, 6) is 0. The first-order chi connectivity index (χ1) is 12.8. The van der Waals surface area contributed by atoms with Crippen LogP contribution in [0, 0.1) is 11.3 Å². The number of thiazole rings is 1. The summed E-state index contributed by atoms with van der Waals surface area (Å²) in [7, 11) is 0. The number of aromatic nitrogens is 3. The Balaban J connectivity index is 1.61. The van der Waals surface area contributed by atoms with E-state index in [1.54, 1.807) is 12.5 Å². The monoisotopic (exact) mass is 354 g/mol. The van der Waals surface area contributed by atoms with Crippen molar-refractivity contribution in [1.82, 2.24) is 14.5 Å². The van der Waals surface area contributed by atoms with Crippen LogP contribution in [0.15, 0.2) is 78.7 Å². The molecule has 26 heavy (non-hydrogen) atoms. The van der Waals surface area contributed by atoms with Crippen molar-refractivity contribution < 1.29 is 0 Å². The molecule has 0 aliphatic carbocycles. The van der Waals surface area contributed by atoms with Gasteiger partial charge < -0.3 is 4.57 Å². The van der Waals surface area contributed by atoms with Crippen LogP contribution in [0.2, 0.25) is 0 Å². The highest BCUT2D eigenvalue weighted by Crippen LogP contribution is 2.27. The molecular weight excluding hydrogens is 340 g/mol. The fraction of sp³-hybridized carbons (Fsp3) is 0. The maximum absolute atomic E-state index is 9.56. The number of imidazole rings is 1. The van der Waals surface area contributed by atoms with Crippen LogP contribution in [0.4, 0.5) is 0 Å². The van der Waals surface area contributed by atoms with E-state index in [1.807, 2.05) is 76.8 Å². The Bertz CT molecular complexity index is 1070. The normalized spacial score (nSPS) is 11.3. The van der Waals surface area contributed by atoms with Gasteiger partial charge in [-0.3, -0.25) is 0 Å². The van der Waals surface area contributed by atoms with Gasteiger partial charge in [-0.25, -0.2) is 9.97 Å². The van der Waals surface area contributed by atoms with E-state index in [1.165, 1.54) is 11.3 Å². The lowest BCUT2D eigenvalue weighted by atomic mass is 10.1. The SMILES string of the molecule is N#CC(=Cc1ccc(-n2ccnc2)cc1)c1nc(-c2ccccc2)cs1. The maximum atomic E-state index is 9.56. The molecule has 5 heteroatoms. The highest BCUT2D eigenvalue weighted by Gasteiger charge is 2.09. The van der Waals surface area contributed by atoms with Crippen molar-refractivity contribution in [3.05, 3.63) is 89.3 Å². The molecule has 0 fully saturated rings. The zero-order chi connectivity index (χ0) is 17.8. The number of rotatable bonds is 4. The molecule has 0 atom stereocenters. The quantitative estimate of drug-likeness (QED) is 0.481. The van der Waals surface area contributed by atoms with Gasteiger partial charge in [0.15, 0.2) is 0 Å². The summed E-state index contributed by atoms with van der Waals surface area (Å²) in [5.41, 5.74) is 4.49. The van der Waals surface area contributed by atoms with E-state index < -0.39 is 0 Å². The third kappa shape index (κ3) is 3.32. The third-order valence-corrected chi connectivity index (χ3v) is 4.81. The van der Waals surface area contributed by atoms with E-state index >= 15 is 0 Å². The van der Waals surface area contributed by atoms with E-state index in [9.17, 15) is 5.26 Å². The number of hydrogen-bond acceptors (Lipinski definition) is 4. The Morgan fingerprint density at radius 1 is 1.08 bits per heavy atom. The predicted octanol–water partition coefficient (Wildman–Crippen LogP) is 5.06. The Morgan fingerprint density at radius 2 is 1.88 bits per heavy atom. The van der Waals surface area contributed by atoms with Gasteiger partial charge in [0.05, 0.1) is 17.6 Å². The first-order valence-corrected chi connectivity index (χ1v) is 8.93. The van der Waals surface area contributed by atoms with Crippen LogP contribution in [0.1, 0.15) is 10.6 Å². The van der Waals surface area contributed by atoms with Crippen LogP contribution in [-0.4, -0.2) is 14.5 Å². The first kappa shape index (κ1) is 16.0. The van der Waals surface area contributed by atoms with Crippen LogP contribution >= 0.6 is 11.3 Å². The summed E-state index contributed by atoms with van der Waals surface area (Å²) in [6, 6.07) is 20.2. The lowest BCUT2D eigenvalue weighted by molar-refractivity contribution is 1.06. The molecule has 0 N–H and O–H groups in total. The first-order valence-electron chi connectivity index (χ1n) is 8.05. The molecule has 4 rings (SSSR count). The topological polar surface area (TPSA) is 54.5 Å². The minimum Gasteiger partial charge on any atom is -0.306 e. The Labute approximate surface area is 155 Å². The van der Waals surface area contributed by atoms with Gasteiger partial charge in [-0.05, 0) is 23.8 Å². The summed E-state index contributed by atoms with van der Waals surface area (Å²) in [6.45, 7) is 0. The maximum Gasteiger partial charge on any atom is 0.134 e. The molecule has 0 unspecified atom stereocenters. The van der Waals surface area contributed by atoms with Gasteiger partial charge in [-0.2, -0.15) is 5.26 Å².